The van der Waals surface area contributed by atoms with Crippen LogP contribution in [0.4, 0.5) is 0 Å². The highest BCUT2D eigenvalue weighted by Gasteiger charge is 2.34. The molecule has 1 rings (SSSR count). The monoisotopic (exact) mass is 171 g/mol. The minimum absolute atomic E-state index is 0.0719. The van der Waals surface area contributed by atoms with E-state index in [1.165, 1.54) is 7.05 Å². The van der Waals surface area contributed by atoms with Crippen molar-refractivity contribution in [3.63, 3.8) is 0 Å². The molecule has 0 radical (unpaired) electrons. The van der Waals surface area contributed by atoms with Crippen LogP contribution >= 0.6 is 0 Å². The molecule has 1 aliphatic heterocycles. The number of Topliss-reactive ketones (excluding diaryl/α,β-unsaturated/α-hetero) is 1. The number of piperidine rings is 1. The summed E-state index contributed by atoms with van der Waals surface area (Å²) in [6, 6.07) is -0.973. The van der Waals surface area contributed by atoms with Gasteiger partial charge >= 0.3 is 5.97 Å². The molecule has 1 heterocycles. The first-order valence-corrected chi connectivity index (χ1v) is 3.52. The number of nitrogens with zero attached hydrogens (tertiary/aromatic N) is 1. The third-order valence-electron chi connectivity index (χ3n) is 1.92. The van der Waals surface area contributed by atoms with Gasteiger partial charge in [-0.2, -0.15) is 0 Å². The van der Waals surface area contributed by atoms with E-state index in [0.717, 1.165) is 4.90 Å². The van der Waals surface area contributed by atoms with E-state index in [4.69, 9.17) is 5.11 Å². The van der Waals surface area contributed by atoms with Gasteiger partial charge in [0, 0.05) is 13.5 Å². The highest BCUT2D eigenvalue weighted by molar-refractivity contribution is 6.04. The molecular formula is C7H9NO4. The Morgan fingerprint density at radius 2 is 2.17 bits per heavy atom. The molecule has 1 fully saturated rings. The third kappa shape index (κ3) is 1.44. The number of ketones is 1. The largest absolute Gasteiger partial charge is 0.480 e. The van der Waals surface area contributed by atoms with E-state index >= 15 is 0 Å². The van der Waals surface area contributed by atoms with Crippen LogP contribution in [0, 0.1) is 0 Å². The predicted octanol–water partition coefficient (Wildman–Crippen LogP) is -0.739. The van der Waals surface area contributed by atoms with Crippen molar-refractivity contribution in [3.05, 3.63) is 0 Å². The van der Waals surface area contributed by atoms with E-state index in [1.807, 2.05) is 0 Å². The SMILES string of the molecule is CN1C(=O)CC(=O)CC1C(=O)O. The lowest BCUT2D eigenvalue weighted by atomic mass is 10.0. The van der Waals surface area contributed by atoms with Crippen LogP contribution < -0.4 is 0 Å². The molecule has 1 saturated heterocycles. The summed E-state index contributed by atoms with van der Waals surface area (Å²) in [5.41, 5.74) is 0. The molecule has 0 saturated carbocycles. The fourth-order valence-electron chi connectivity index (χ4n) is 1.14. The molecule has 1 amide bonds. The van der Waals surface area contributed by atoms with Crippen molar-refractivity contribution in [2.24, 2.45) is 0 Å². The van der Waals surface area contributed by atoms with E-state index < -0.39 is 17.9 Å². The van der Waals surface area contributed by atoms with Crippen molar-refractivity contribution < 1.29 is 19.5 Å². The van der Waals surface area contributed by atoms with E-state index in [9.17, 15) is 14.4 Å². The topological polar surface area (TPSA) is 74.7 Å². The van der Waals surface area contributed by atoms with Crippen molar-refractivity contribution in [1.82, 2.24) is 4.90 Å². The summed E-state index contributed by atoms with van der Waals surface area (Å²) in [7, 11) is 1.40. The number of carbonyl (C=O) groups is 3. The Morgan fingerprint density at radius 3 is 2.67 bits per heavy atom. The minimum Gasteiger partial charge on any atom is -0.480 e. The Morgan fingerprint density at radius 1 is 1.58 bits per heavy atom. The molecule has 0 spiro atoms. The minimum atomic E-state index is -1.13. The second-order valence-corrected chi connectivity index (χ2v) is 2.78. The van der Waals surface area contributed by atoms with Gasteiger partial charge in [0.1, 0.15) is 11.8 Å². The Labute approximate surface area is 69.0 Å². The third-order valence-corrected chi connectivity index (χ3v) is 1.92. The molecule has 12 heavy (non-hydrogen) atoms. The molecule has 0 bridgehead atoms. The Balaban J connectivity index is 2.79. The van der Waals surface area contributed by atoms with Crippen LogP contribution in [-0.2, 0) is 14.4 Å². The van der Waals surface area contributed by atoms with Crippen molar-refractivity contribution in [3.8, 4) is 0 Å². The molecule has 1 aliphatic rings. The van der Waals surface area contributed by atoms with Gasteiger partial charge in [0.2, 0.25) is 5.91 Å². The van der Waals surface area contributed by atoms with E-state index in [1.54, 1.807) is 0 Å². The van der Waals surface area contributed by atoms with Crippen LogP contribution in [0.1, 0.15) is 12.8 Å². The van der Waals surface area contributed by atoms with Crippen LogP contribution in [0.15, 0.2) is 0 Å². The Kier molecular flexibility index (Phi) is 2.12. The Bertz CT molecular complexity index is 248. The highest BCUT2D eigenvalue weighted by atomic mass is 16.4. The molecule has 5 nitrogen and oxygen atoms in total. The zero-order valence-corrected chi connectivity index (χ0v) is 6.61. The molecule has 0 aromatic rings. The van der Waals surface area contributed by atoms with Gasteiger partial charge in [0.15, 0.2) is 0 Å². The molecule has 5 heteroatoms. The quantitative estimate of drug-likeness (QED) is 0.527. The zero-order chi connectivity index (χ0) is 9.30. The first-order valence-electron chi connectivity index (χ1n) is 3.52. The molecule has 1 atom stereocenters. The number of carboxylic acids is 1. The molecule has 66 valence electrons. The van der Waals surface area contributed by atoms with Gasteiger partial charge in [0.05, 0.1) is 6.42 Å². The summed E-state index contributed by atoms with van der Waals surface area (Å²) in [4.78, 5) is 33.4. The molecule has 1 N–H and O–H groups in total. The first-order chi connectivity index (χ1) is 5.52. The van der Waals surface area contributed by atoms with Crippen LogP contribution in [0.5, 0.6) is 0 Å². The molecular weight excluding hydrogens is 162 g/mol. The summed E-state index contributed by atoms with van der Waals surface area (Å²) in [6.07, 6.45) is -0.238. The number of likely N-dealkylation sites (N-methyl/N-ethyl adjacent to an activating group) is 1. The van der Waals surface area contributed by atoms with Gasteiger partial charge < -0.3 is 10.0 Å². The lowest BCUT2D eigenvalue weighted by Crippen LogP contribution is -2.48. The molecule has 0 aromatic heterocycles. The summed E-state index contributed by atoms with van der Waals surface area (Å²) < 4.78 is 0. The van der Waals surface area contributed by atoms with Gasteiger partial charge in [-0.05, 0) is 0 Å². The fraction of sp³-hybridized carbons (Fsp3) is 0.571. The van der Waals surface area contributed by atoms with Gasteiger partial charge in [-0.15, -0.1) is 0 Å². The molecule has 1 unspecified atom stereocenters. The second kappa shape index (κ2) is 2.92. The van der Waals surface area contributed by atoms with Crippen LogP contribution in [-0.4, -0.2) is 40.8 Å². The number of hydrogen-bond acceptors (Lipinski definition) is 3. The van der Waals surface area contributed by atoms with E-state index in [0.29, 0.717) is 0 Å². The number of carboxylic acid groups (broad SMARTS) is 1. The number of rotatable bonds is 1. The zero-order valence-electron chi connectivity index (χ0n) is 6.61. The maximum Gasteiger partial charge on any atom is 0.326 e. The fourth-order valence-corrected chi connectivity index (χ4v) is 1.14. The van der Waals surface area contributed by atoms with Gasteiger partial charge in [-0.3, -0.25) is 9.59 Å². The summed E-state index contributed by atoms with van der Waals surface area (Å²) in [5, 5.41) is 8.60. The van der Waals surface area contributed by atoms with Crippen LogP contribution in [0.2, 0.25) is 0 Å². The summed E-state index contributed by atoms with van der Waals surface area (Å²) >= 11 is 0. The maximum atomic E-state index is 11.0. The number of amides is 1. The lowest BCUT2D eigenvalue weighted by Gasteiger charge is -2.28. The van der Waals surface area contributed by atoms with Crippen molar-refractivity contribution in [2.75, 3.05) is 7.05 Å². The first kappa shape index (κ1) is 8.70. The van der Waals surface area contributed by atoms with Crippen molar-refractivity contribution in [2.45, 2.75) is 18.9 Å². The number of likely N-dealkylation sites (tertiary alicyclic amines) is 1. The lowest BCUT2D eigenvalue weighted by molar-refractivity contribution is -0.154. The van der Waals surface area contributed by atoms with E-state index in [2.05, 4.69) is 0 Å². The van der Waals surface area contributed by atoms with Gasteiger partial charge in [0.25, 0.3) is 0 Å². The highest BCUT2D eigenvalue weighted by Crippen LogP contribution is 2.13. The number of carbonyl (C=O) groups excluding carboxylic acids is 2. The predicted molar refractivity (Wildman–Crippen MR) is 38.4 cm³/mol. The average Bonchev–Trinajstić information content (AvgIpc) is 1.96. The normalized spacial score (nSPS) is 24.4. The summed E-state index contributed by atoms with van der Waals surface area (Å²) in [5.74, 6) is -1.84. The van der Waals surface area contributed by atoms with Crippen LogP contribution in [0.3, 0.4) is 0 Å². The Hall–Kier alpha value is -1.39. The average molecular weight is 171 g/mol. The maximum absolute atomic E-state index is 11.0. The molecule has 0 aliphatic carbocycles. The smallest absolute Gasteiger partial charge is 0.326 e. The van der Waals surface area contributed by atoms with Gasteiger partial charge in [-0.1, -0.05) is 0 Å². The van der Waals surface area contributed by atoms with Crippen molar-refractivity contribution in [1.29, 1.82) is 0 Å². The van der Waals surface area contributed by atoms with Gasteiger partial charge in [-0.25, -0.2) is 4.79 Å². The number of hydrogen-bond donors (Lipinski definition) is 1. The second-order valence-electron chi connectivity index (χ2n) is 2.78. The molecule has 0 aromatic carbocycles. The van der Waals surface area contributed by atoms with Crippen LogP contribution in [0.25, 0.3) is 0 Å². The summed E-state index contributed by atoms with van der Waals surface area (Å²) in [6.45, 7) is 0. The number of aliphatic carboxylic acids is 1. The van der Waals surface area contributed by atoms with E-state index in [-0.39, 0.29) is 18.6 Å². The standard InChI is InChI=1S/C7H9NO4/c1-8-5(7(11)12)2-4(9)3-6(8)10/h5H,2-3H2,1H3,(H,11,12). The van der Waals surface area contributed by atoms with Crippen molar-refractivity contribution >= 4 is 17.7 Å².